The Morgan fingerprint density at radius 2 is 1.13 bits per heavy atom. The van der Waals surface area contributed by atoms with E-state index in [1.165, 1.54) is 11.1 Å². The molecule has 1 aromatic rings. The minimum absolute atomic E-state index is 0.977. The molecule has 0 N–H and O–H groups in total. The van der Waals surface area contributed by atoms with Crippen molar-refractivity contribution < 1.29 is 4.42 Å². The van der Waals surface area contributed by atoms with Crippen LogP contribution >= 0.6 is 0 Å². The summed E-state index contributed by atoms with van der Waals surface area (Å²) in [6, 6.07) is 0. The number of furan rings is 1. The Hall–Kier alpha value is -1.76. The lowest BCUT2D eigenvalue weighted by molar-refractivity contribution is 0.546. The maximum atomic E-state index is 5.81. The summed E-state index contributed by atoms with van der Waals surface area (Å²) in [6.45, 7) is 0. The Labute approximate surface area is 89.1 Å². The summed E-state index contributed by atoms with van der Waals surface area (Å²) in [5.41, 5.74) is 2.42. The fourth-order valence-corrected chi connectivity index (χ4v) is 1.96. The van der Waals surface area contributed by atoms with Crippen molar-refractivity contribution in [1.29, 1.82) is 0 Å². The SMILES string of the molecule is C1=Cc2oc3c(c2C=CC1)C=CCC=C3. The summed E-state index contributed by atoms with van der Waals surface area (Å²) in [5.74, 6) is 1.95. The normalized spacial score (nSPS) is 17.1. The smallest absolute Gasteiger partial charge is 0.135 e. The van der Waals surface area contributed by atoms with Gasteiger partial charge in [-0.2, -0.15) is 0 Å². The van der Waals surface area contributed by atoms with Gasteiger partial charge in [0.25, 0.3) is 0 Å². The molecule has 0 fully saturated rings. The number of allylic oxidation sites excluding steroid dienone is 4. The van der Waals surface area contributed by atoms with E-state index in [-0.39, 0.29) is 0 Å². The number of fused-ring (bicyclic) bond motifs is 3. The molecular weight excluding hydrogens is 184 g/mol. The molecule has 0 atom stereocenters. The minimum atomic E-state index is 0.977. The number of hydrogen-bond donors (Lipinski definition) is 0. The van der Waals surface area contributed by atoms with Crippen molar-refractivity contribution in [3.8, 4) is 0 Å². The number of hydrogen-bond acceptors (Lipinski definition) is 1. The van der Waals surface area contributed by atoms with Gasteiger partial charge in [0.2, 0.25) is 0 Å². The highest BCUT2D eigenvalue weighted by Crippen LogP contribution is 2.30. The van der Waals surface area contributed by atoms with Gasteiger partial charge in [-0.25, -0.2) is 0 Å². The summed E-state index contributed by atoms with van der Waals surface area (Å²) in [4.78, 5) is 0. The molecule has 0 amide bonds. The van der Waals surface area contributed by atoms with Gasteiger partial charge in [0, 0.05) is 11.1 Å². The van der Waals surface area contributed by atoms with Gasteiger partial charge in [0.15, 0.2) is 0 Å². The van der Waals surface area contributed by atoms with Gasteiger partial charge in [0.1, 0.15) is 11.5 Å². The molecule has 1 aromatic heterocycles. The first-order valence-corrected chi connectivity index (χ1v) is 5.28. The third-order valence-electron chi connectivity index (χ3n) is 2.69. The third kappa shape index (κ3) is 1.40. The van der Waals surface area contributed by atoms with Crippen LogP contribution in [0.3, 0.4) is 0 Å². The Morgan fingerprint density at radius 1 is 0.667 bits per heavy atom. The van der Waals surface area contributed by atoms with E-state index in [0.717, 1.165) is 24.4 Å². The number of rotatable bonds is 0. The van der Waals surface area contributed by atoms with E-state index >= 15 is 0 Å². The van der Waals surface area contributed by atoms with Crippen molar-refractivity contribution in [1.82, 2.24) is 0 Å². The van der Waals surface area contributed by atoms with Crippen molar-refractivity contribution in [3.63, 3.8) is 0 Å². The molecule has 2 aliphatic rings. The molecule has 0 unspecified atom stereocenters. The maximum Gasteiger partial charge on any atom is 0.135 e. The summed E-state index contributed by atoms with van der Waals surface area (Å²) < 4.78 is 5.81. The molecule has 0 spiro atoms. The highest BCUT2D eigenvalue weighted by molar-refractivity contribution is 5.78. The molecular formula is C14H12O. The molecule has 0 aliphatic heterocycles. The monoisotopic (exact) mass is 196 g/mol. The first-order chi connectivity index (χ1) is 7.45. The van der Waals surface area contributed by atoms with Crippen LogP contribution in [0, 0.1) is 0 Å². The highest BCUT2D eigenvalue weighted by Gasteiger charge is 2.14. The van der Waals surface area contributed by atoms with Crippen LogP contribution in [0.2, 0.25) is 0 Å². The summed E-state index contributed by atoms with van der Waals surface area (Å²) in [6.07, 6.45) is 19.0. The minimum Gasteiger partial charge on any atom is -0.456 e. The lowest BCUT2D eigenvalue weighted by Gasteiger charge is -1.91. The van der Waals surface area contributed by atoms with Gasteiger partial charge in [-0.1, -0.05) is 36.5 Å². The van der Waals surface area contributed by atoms with Gasteiger partial charge in [-0.05, 0) is 25.0 Å². The van der Waals surface area contributed by atoms with Crippen molar-refractivity contribution in [2.45, 2.75) is 12.8 Å². The van der Waals surface area contributed by atoms with Crippen LogP contribution in [-0.2, 0) is 0 Å². The largest absolute Gasteiger partial charge is 0.456 e. The van der Waals surface area contributed by atoms with Crippen LogP contribution in [0.1, 0.15) is 35.5 Å². The standard InChI is InChI=1S/C14H12O/c1-3-7-11-12-8-4-2-6-10-14(12)15-13(11)9-5-1/h3-10H,1-2H2. The van der Waals surface area contributed by atoms with Crippen molar-refractivity contribution in [3.05, 3.63) is 47.0 Å². The summed E-state index contributed by atoms with van der Waals surface area (Å²) in [5, 5.41) is 0. The van der Waals surface area contributed by atoms with Crippen molar-refractivity contribution >= 4 is 24.3 Å². The second kappa shape index (κ2) is 3.43. The zero-order valence-corrected chi connectivity index (χ0v) is 8.44. The maximum absolute atomic E-state index is 5.81. The molecule has 1 nitrogen and oxygen atoms in total. The van der Waals surface area contributed by atoms with E-state index in [1.54, 1.807) is 0 Å². The van der Waals surface area contributed by atoms with Crippen LogP contribution in [-0.4, -0.2) is 0 Å². The molecule has 0 radical (unpaired) electrons. The molecule has 3 rings (SSSR count). The molecule has 15 heavy (non-hydrogen) atoms. The predicted octanol–water partition coefficient (Wildman–Crippen LogP) is 4.14. The molecule has 74 valence electrons. The van der Waals surface area contributed by atoms with E-state index in [2.05, 4.69) is 48.6 Å². The highest BCUT2D eigenvalue weighted by atomic mass is 16.3. The van der Waals surface area contributed by atoms with E-state index in [0.29, 0.717) is 0 Å². The Kier molecular flexibility index (Phi) is 1.95. The zero-order chi connectivity index (χ0) is 10.1. The fourth-order valence-electron chi connectivity index (χ4n) is 1.96. The van der Waals surface area contributed by atoms with E-state index in [9.17, 15) is 0 Å². The quantitative estimate of drug-likeness (QED) is 0.607. The van der Waals surface area contributed by atoms with Gasteiger partial charge in [-0.15, -0.1) is 0 Å². The van der Waals surface area contributed by atoms with Crippen molar-refractivity contribution in [2.24, 2.45) is 0 Å². The molecule has 0 saturated heterocycles. The van der Waals surface area contributed by atoms with Crippen LogP contribution in [0.5, 0.6) is 0 Å². The molecule has 0 aromatic carbocycles. The van der Waals surface area contributed by atoms with Crippen LogP contribution in [0.25, 0.3) is 24.3 Å². The molecule has 1 heteroatoms. The average molecular weight is 196 g/mol. The first kappa shape index (κ1) is 8.54. The second-order valence-corrected chi connectivity index (χ2v) is 3.74. The first-order valence-electron chi connectivity index (χ1n) is 5.28. The summed E-state index contributed by atoms with van der Waals surface area (Å²) >= 11 is 0. The molecule has 0 saturated carbocycles. The lowest BCUT2D eigenvalue weighted by Crippen LogP contribution is -1.76. The summed E-state index contributed by atoms with van der Waals surface area (Å²) in [7, 11) is 0. The Bertz CT molecular complexity index is 451. The Balaban J connectivity index is 2.26. The van der Waals surface area contributed by atoms with Crippen LogP contribution in [0.15, 0.2) is 28.7 Å². The average Bonchev–Trinajstić information content (AvgIpc) is 2.51. The molecule has 1 heterocycles. The molecule has 0 bridgehead atoms. The van der Waals surface area contributed by atoms with E-state index in [4.69, 9.17) is 4.42 Å². The lowest BCUT2D eigenvalue weighted by atomic mass is 10.1. The second-order valence-electron chi connectivity index (χ2n) is 3.74. The van der Waals surface area contributed by atoms with Crippen LogP contribution < -0.4 is 0 Å². The van der Waals surface area contributed by atoms with Gasteiger partial charge in [0.05, 0.1) is 0 Å². The van der Waals surface area contributed by atoms with E-state index < -0.39 is 0 Å². The third-order valence-corrected chi connectivity index (χ3v) is 2.69. The predicted molar refractivity (Wildman–Crippen MR) is 64.1 cm³/mol. The van der Waals surface area contributed by atoms with Gasteiger partial charge < -0.3 is 4.42 Å². The van der Waals surface area contributed by atoms with Crippen LogP contribution in [0.4, 0.5) is 0 Å². The van der Waals surface area contributed by atoms with E-state index in [1.807, 2.05) is 0 Å². The fraction of sp³-hybridized carbons (Fsp3) is 0.143. The Morgan fingerprint density at radius 3 is 1.67 bits per heavy atom. The van der Waals surface area contributed by atoms with Gasteiger partial charge >= 0.3 is 0 Å². The topological polar surface area (TPSA) is 13.1 Å². The molecule has 2 aliphatic carbocycles. The van der Waals surface area contributed by atoms with Gasteiger partial charge in [-0.3, -0.25) is 0 Å². The zero-order valence-electron chi connectivity index (χ0n) is 8.44. The van der Waals surface area contributed by atoms with Crippen molar-refractivity contribution in [2.75, 3.05) is 0 Å².